The van der Waals surface area contributed by atoms with E-state index < -0.39 is 17.4 Å². The molecule has 0 saturated carbocycles. The average molecular weight is 375 g/mol. The molecule has 0 spiro atoms. The Bertz CT molecular complexity index is 792. The highest BCUT2D eigenvalue weighted by molar-refractivity contribution is 5.97. The van der Waals surface area contributed by atoms with Gasteiger partial charge in [0.2, 0.25) is 0 Å². The van der Waals surface area contributed by atoms with Gasteiger partial charge in [-0.2, -0.15) is 0 Å². The lowest BCUT2D eigenvalue weighted by atomic mass is 10.1. The predicted octanol–water partition coefficient (Wildman–Crippen LogP) is 1.23. The van der Waals surface area contributed by atoms with E-state index in [4.69, 9.17) is 9.47 Å². The summed E-state index contributed by atoms with van der Waals surface area (Å²) in [5.41, 5.74) is 0.574. The summed E-state index contributed by atoms with van der Waals surface area (Å²) in [7, 11) is 0. The first-order chi connectivity index (χ1) is 13.1. The molecule has 0 aromatic heterocycles. The van der Waals surface area contributed by atoms with Crippen molar-refractivity contribution in [3.8, 4) is 17.2 Å². The smallest absolute Gasteiger partial charge is 0.251 e. The summed E-state index contributed by atoms with van der Waals surface area (Å²) in [6.45, 7) is 0.928. The molecule has 27 heavy (non-hydrogen) atoms. The minimum Gasteiger partial charge on any atom is -0.504 e. The Hall–Kier alpha value is -3.10. The molecule has 2 aromatic carbocycles. The van der Waals surface area contributed by atoms with Gasteiger partial charge >= 0.3 is 0 Å². The molecule has 8 nitrogen and oxygen atoms in total. The number of aliphatic hydroxyl groups excluding tert-OH is 1. The molecule has 0 aliphatic heterocycles. The normalized spacial score (nSPS) is 10.4. The molecular formula is C19H21NO7. The van der Waals surface area contributed by atoms with Crippen LogP contribution in [0.15, 0.2) is 36.4 Å². The largest absolute Gasteiger partial charge is 0.504 e. The second-order valence-electron chi connectivity index (χ2n) is 5.53. The van der Waals surface area contributed by atoms with Crippen molar-refractivity contribution in [3.05, 3.63) is 53.1 Å². The van der Waals surface area contributed by atoms with Gasteiger partial charge in [-0.15, -0.1) is 0 Å². The number of hydrogen-bond donors (Lipinski definition) is 4. The Balaban J connectivity index is 1.69. The summed E-state index contributed by atoms with van der Waals surface area (Å²) < 4.78 is 10.9. The number of nitrogens with one attached hydrogen (secondary N) is 1. The second kappa shape index (κ2) is 10.1. The van der Waals surface area contributed by atoms with E-state index in [-0.39, 0.29) is 30.9 Å². The molecule has 4 N–H and O–H groups in total. The molecule has 0 aliphatic carbocycles. The zero-order valence-electron chi connectivity index (χ0n) is 14.6. The highest BCUT2D eigenvalue weighted by Crippen LogP contribution is 2.29. The number of rotatable bonds is 10. The van der Waals surface area contributed by atoms with Gasteiger partial charge in [-0.3, -0.25) is 9.59 Å². The zero-order valence-corrected chi connectivity index (χ0v) is 14.6. The Kier molecular flexibility index (Phi) is 7.60. The van der Waals surface area contributed by atoms with Crippen molar-refractivity contribution in [2.45, 2.75) is 6.61 Å². The van der Waals surface area contributed by atoms with Crippen LogP contribution in [0.25, 0.3) is 0 Å². The van der Waals surface area contributed by atoms with E-state index in [1.165, 1.54) is 6.07 Å². The van der Waals surface area contributed by atoms with Crippen LogP contribution in [0.5, 0.6) is 17.2 Å². The van der Waals surface area contributed by atoms with Crippen LogP contribution in [0.4, 0.5) is 0 Å². The Morgan fingerprint density at radius 3 is 2.63 bits per heavy atom. The van der Waals surface area contributed by atoms with Crippen molar-refractivity contribution in [1.29, 1.82) is 0 Å². The summed E-state index contributed by atoms with van der Waals surface area (Å²) in [6, 6.07) is 9.40. The molecule has 0 fully saturated rings. The predicted molar refractivity (Wildman–Crippen MR) is 96.2 cm³/mol. The number of para-hydroxylation sites is 1. The average Bonchev–Trinajstić information content (AvgIpc) is 2.69. The number of carbonyl (C=O) groups excluding carboxylic acids is 2. The minimum absolute atomic E-state index is 0.0522. The van der Waals surface area contributed by atoms with E-state index in [1.807, 2.05) is 12.1 Å². The third-order valence-electron chi connectivity index (χ3n) is 3.67. The first-order valence-corrected chi connectivity index (χ1v) is 8.25. The quantitative estimate of drug-likeness (QED) is 0.280. The number of hydrogen-bond acceptors (Lipinski definition) is 7. The first kappa shape index (κ1) is 20.2. The standard InChI is InChI=1S/C19H21NO7/c21-11-13-3-1-2-4-17(13)27-8-7-26-6-5-20-19(25)14-9-15(12-22)18(24)16(23)10-14/h1-4,9-10,12,21,23-24H,5-8,11H2,(H,20,25). The highest BCUT2D eigenvalue weighted by Gasteiger charge is 2.13. The SMILES string of the molecule is O=Cc1cc(C(=O)NCCOCCOc2ccccc2CO)cc(O)c1O. The van der Waals surface area contributed by atoms with Crippen molar-refractivity contribution in [2.24, 2.45) is 0 Å². The number of phenolic OH excluding ortho intramolecular Hbond substituents is 2. The molecule has 2 rings (SSSR count). The summed E-state index contributed by atoms with van der Waals surface area (Å²) in [5.74, 6) is -1.02. The van der Waals surface area contributed by atoms with E-state index in [0.29, 0.717) is 30.8 Å². The number of amides is 1. The van der Waals surface area contributed by atoms with Crippen molar-refractivity contribution < 1.29 is 34.4 Å². The molecule has 0 aliphatic rings. The molecule has 0 bridgehead atoms. The number of carbonyl (C=O) groups is 2. The maximum Gasteiger partial charge on any atom is 0.251 e. The number of phenols is 2. The lowest BCUT2D eigenvalue weighted by molar-refractivity contribution is 0.0864. The fourth-order valence-electron chi connectivity index (χ4n) is 2.29. The molecule has 0 saturated heterocycles. The van der Waals surface area contributed by atoms with Gasteiger partial charge in [0, 0.05) is 17.7 Å². The van der Waals surface area contributed by atoms with E-state index in [0.717, 1.165) is 6.07 Å². The summed E-state index contributed by atoms with van der Waals surface area (Å²) in [5, 5.41) is 30.8. The van der Waals surface area contributed by atoms with Crippen LogP contribution in [-0.2, 0) is 11.3 Å². The second-order valence-corrected chi connectivity index (χ2v) is 5.53. The first-order valence-electron chi connectivity index (χ1n) is 8.25. The van der Waals surface area contributed by atoms with Crippen LogP contribution in [-0.4, -0.2) is 53.9 Å². The Morgan fingerprint density at radius 2 is 1.89 bits per heavy atom. The van der Waals surface area contributed by atoms with E-state index in [9.17, 15) is 24.9 Å². The van der Waals surface area contributed by atoms with Crippen molar-refractivity contribution >= 4 is 12.2 Å². The van der Waals surface area contributed by atoms with Gasteiger partial charge in [-0.05, 0) is 18.2 Å². The van der Waals surface area contributed by atoms with Crippen LogP contribution in [0, 0.1) is 0 Å². The molecule has 0 atom stereocenters. The lowest BCUT2D eigenvalue weighted by Gasteiger charge is -2.11. The van der Waals surface area contributed by atoms with Crippen LogP contribution in [0.3, 0.4) is 0 Å². The van der Waals surface area contributed by atoms with Gasteiger partial charge in [-0.25, -0.2) is 0 Å². The van der Waals surface area contributed by atoms with Crippen LogP contribution >= 0.6 is 0 Å². The molecule has 1 amide bonds. The van der Waals surface area contributed by atoms with Crippen molar-refractivity contribution in [2.75, 3.05) is 26.4 Å². The fraction of sp³-hybridized carbons (Fsp3) is 0.263. The van der Waals surface area contributed by atoms with Crippen LogP contribution in [0.2, 0.25) is 0 Å². The lowest BCUT2D eigenvalue weighted by Crippen LogP contribution is -2.27. The summed E-state index contributed by atoms with van der Waals surface area (Å²) in [6.07, 6.45) is 0.351. The summed E-state index contributed by atoms with van der Waals surface area (Å²) in [4.78, 5) is 22.8. The van der Waals surface area contributed by atoms with E-state index in [1.54, 1.807) is 12.1 Å². The topological polar surface area (TPSA) is 125 Å². The van der Waals surface area contributed by atoms with Gasteiger partial charge in [0.1, 0.15) is 12.4 Å². The molecule has 0 heterocycles. The van der Waals surface area contributed by atoms with Crippen molar-refractivity contribution in [3.63, 3.8) is 0 Å². The molecule has 144 valence electrons. The Morgan fingerprint density at radius 1 is 1.11 bits per heavy atom. The van der Waals surface area contributed by atoms with E-state index in [2.05, 4.69) is 5.32 Å². The summed E-state index contributed by atoms with van der Waals surface area (Å²) >= 11 is 0. The fourth-order valence-corrected chi connectivity index (χ4v) is 2.29. The number of benzene rings is 2. The molecule has 2 aromatic rings. The molecular weight excluding hydrogens is 354 g/mol. The van der Waals surface area contributed by atoms with Gasteiger partial charge in [-0.1, -0.05) is 18.2 Å². The third kappa shape index (κ3) is 5.70. The number of aliphatic hydroxyl groups is 1. The van der Waals surface area contributed by atoms with Crippen LogP contribution < -0.4 is 10.1 Å². The maximum absolute atomic E-state index is 12.0. The number of aromatic hydroxyl groups is 2. The van der Waals surface area contributed by atoms with Gasteiger partial charge in [0.25, 0.3) is 5.91 Å². The molecule has 0 unspecified atom stereocenters. The van der Waals surface area contributed by atoms with Gasteiger partial charge in [0.05, 0.1) is 25.4 Å². The van der Waals surface area contributed by atoms with Gasteiger partial charge in [0.15, 0.2) is 17.8 Å². The van der Waals surface area contributed by atoms with E-state index >= 15 is 0 Å². The number of aldehydes is 1. The maximum atomic E-state index is 12.0. The monoisotopic (exact) mass is 375 g/mol. The van der Waals surface area contributed by atoms with Crippen molar-refractivity contribution in [1.82, 2.24) is 5.32 Å². The van der Waals surface area contributed by atoms with Gasteiger partial charge < -0.3 is 30.1 Å². The molecule has 0 radical (unpaired) electrons. The minimum atomic E-state index is -0.562. The molecule has 8 heteroatoms. The third-order valence-corrected chi connectivity index (χ3v) is 3.67. The zero-order chi connectivity index (χ0) is 19.6. The highest BCUT2D eigenvalue weighted by atomic mass is 16.5. The number of ether oxygens (including phenoxy) is 2. The Labute approximate surface area is 156 Å². The van der Waals surface area contributed by atoms with Crippen LogP contribution in [0.1, 0.15) is 26.3 Å².